The molecule has 186 valence electrons. The maximum atomic E-state index is 13.0. The Morgan fingerprint density at radius 2 is 1.85 bits per heavy atom. The summed E-state index contributed by atoms with van der Waals surface area (Å²) in [4.78, 5) is 35.7. The molecule has 2 fully saturated rings. The van der Waals surface area contributed by atoms with E-state index in [0.29, 0.717) is 24.7 Å². The van der Waals surface area contributed by atoms with Crippen LogP contribution in [0.25, 0.3) is 10.9 Å². The van der Waals surface area contributed by atoms with Gasteiger partial charge in [0.05, 0.1) is 7.11 Å². The van der Waals surface area contributed by atoms with E-state index in [1.165, 1.54) is 0 Å². The van der Waals surface area contributed by atoms with Gasteiger partial charge < -0.3 is 29.7 Å². The molecule has 0 aliphatic carbocycles. The summed E-state index contributed by atoms with van der Waals surface area (Å²) in [7, 11) is 3.80. The lowest BCUT2D eigenvalue weighted by Crippen LogP contribution is -2.45. The van der Waals surface area contributed by atoms with E-state index in [-0.39, 0.29) is 17.7 Å². The van der Waals surface area contributed by atoms with Crippen LogP contribution in [0, 0.1) is 11.8 Å². The molecule has 2 aliphatic rings. The molecule has 1 atom stereocenters. The van der Waals surface area contributed by atoms with Crippen LogP contribution in [0.15, 0.2) is 24.3 Å². The Hall–Kier alpha value is -2.58. The van der Waals surface area contributed by atoms with Crippen molar-refractivity contribution in [3.63, 3.8) is 0 Å². The molecular formula is C26H39N5O3. The van der Waals surface area contributed by atoms with Crippen LogP contribution in [0.3, 0.4) is 0 Å². The molecule has 0 unspecified atom stereocenters. The third-order valence-electron chi connectivity index (χ3n) is 7.55. The standard InChI is InChI=1S/C26H39N5O3/c1-19(25(32)27-9-4-10-30-15-13-29(2)14-16-30)20-7-11-31(12-8-20)26(33)24-17-21-5-6-22(34-3)18-23(21)28-24/h5-6,17-20,28H,4,7-16H2,1-3H3,(H,27,32)/t19-/m0/s1. The number of ether oxygens (including phenoxy) is 1. The number of amides is 2. The molecule has 2 amide bonds. The number of likely N-dealkylation sites (tertiary alicyclic amines) is 1. The van der Waals surface area contributed by atoms with Gasteiger partial charge in [-0.2, -0.15) is 0 Å². The van der Waals surface area contributed by atoms with Crippen LogP contribution in [0.2, 0.25) is 0 Å². The summed E-state index contributed by atoms with van der Waals surface area (Å²) in [5.74, 6) is 1.22. The van der Waals surface area contributed by atoms with Gasteiger partial charge in [-0.15, -0.1) is 0 Å². The highest BCUT2D eigenvalue weighted by Gasteiger charge is 2.30. The van der Waals surface area contributed by atoms with Gasteiger partial charge in [-0.1, -0.05) is 6.92 Å². The fourth-order valence-corrected chi connectivity index (χ4v) is 5.08. The Kier molecular flexibility index (Phi) is 8.11. The molecule has 0 bridgehead atoms. The Bertz CT molecular complexity index is 974. The maximum absolute atomic E-state index is 13.0. The molecule has 0 saturated carbocycles. The number of carbonyl (C=O) groups is 2. The number of aromatic nitrogens is 1. The van der Waals surface area contributed by atoms with E-state index in [4.69, 9.17) is 4.74 Å². The second-order valence-corrected chi connectivity index (χ2v) is 9.84. The predicted molar refractivity (Wildman–Crippen MR) is 134 cm³/mol. The van der Waals surface area contributed by atoms with Crippen molar-refractivity contribution in [1.29, 1.82) is 0 Å². The van der Waals surface area contributed by atoms with Crippen molar-refractivity contribution in [2.75, 3.05) is 66.5 Å². The third-order valence-corrected chi connectivity index (χ3v) is 7.55. The summed E-state index contributed by atoms with van der Waals surface area (Å²) in [6.45, 7) is 9.66. The lowest BCUT2D eigenvalue weighted by Gasteiger charge is -2.34. The van der Waals surface area contributed by atoms with Crippen LogP contribution in [-0.2, 0) is 4.79 Å². The molecule has 8 heteroatoms. The van der Waals surface area contributed by atoms with E-state index in [2.05, 4.69) is 27.1 Å². The van der Waals surface area contributed by atoms with Gasteiger partial charge in [0.1, 0.15) is 11.4 Å². The molecule has 0 radical (unpaired) electrons. The molecule has 0 spiro atoms. The SMILES string of the molecule is COc1ccc2cc(C(=O)N3CCC([C@H](C)C(=O)NCCCN4CCN(C)CC4)CC3)[nH]c2c1. The van der Waals surface area contributed by atoms with E-state index >= 15 is 0 Å². The molecule has 2 aliphatic heterocycles. The van der Waals surface area contributed by atoms with Gasteiger partial charge in [0.25, 0.3) is 5.91 Å². The first-order valence-electron chi connectivity index (χ1n) is 12.6. The van der Waals surface area contributed by atoms with Crippen molar-refractivity contribution in [1.82, 2.24) is 25.0 Å². The Morgan fingerprint density at radius 1 is 1.12 bits per heavy atom. The number of nitrogens with one attached hydrogen (secondary N) is 2. The number of hydrogen-bond donors (Lipinski definition) is 2. The zero-order valence-electron chi connectivity index (χ0n) is 20.8. The third kappa shape index (κ3) is 5.91. The monoisotopic (exact) mass is 469 g/mol. The van der Waals surface area contributed by atoms with Crippen LogP contribution >= 0.6 is 0 Å². The first kappa shape index (κ1) is 24.5. The van der Waals surface area contributed by atoms with Crippen molar-refractivity contribution in [3.05, 3.63) is 30.0 Å². The van der Waals surface area contributed by atoms with Crippen molar-refractivity contribution in [3.8, 4) is 5.75 Å². The minimum absolute atomic E-state index is 0.0228. The predicted octanol–water partition coefficient (Wildman–Crippen LogP) is 2.42. The number of benzene rings is 1. The lowest BCUT2D eigenvalue weighted by atomic mass is 9.84. The van der Waals surface area contributed by atoms with Gasteiger partial charge >= 0.3 is 0 Å². The second-order valence-electron chi connectivity index (χ2n) is 9.84. The number of likely N-dealkylation sites (N-methyl/N-ethyl adjacent to an activating group) is 1. The quantitative estimate of drug-likeness (QED) is 0.581. The molecule has 2 N–H and O–H groups in total. The highest BCUT2D eigenvalue weighted by Crippen LogP contribution is 2.27. The van der Waals surface area contributed by atoms with Crippen molar-refractivity contribution in [2.45, 2.75) is 26.2 Å². The van der Waals surface area contributed by atoms with Crippen LogP contribution in [0.1, 0.15) is 36.7 Å². The molecule has 34 heavy (non-hydrogen) atoms. The number of nitrogens with zero attached hydrogens (tertiary/aromatic N) is 3. The lowest BCUT2D eigenvalue weighted by molar-refractivity contribution is -0.126. The first-order chi connectivity index (χ1) is 16.4. The minimum atomic E-state index is -0.0265. The van der Waals surface area contributed by atoms with Crippen LogP contribution in [-0.4, -0.2) is 98.0 Å². The zero-order valence-corrected chi connectivity index (χ0v) is 20.8. The number of methoxy groups -OCH3 is 1. The molecule has 4 rings (SSSR count). The van der Waals surface area contributed by atoms with E-state index in [1.54, 1.807) is 7.11 Å². The minimum Gasteiger partial charge on any atom is -0.497 e. The van der Waals surface area contributed by atoms with Crippen molar-refractivity contribution in [2.24, 2.45) is 11.8 Å². The number of piperazine rings is 1. The number of carbonyl (C=O) groups excluding carboxylic acids is 2. The highest BCUT2D eigenvalue weighted by atomic mass is 16.5. The van der Waals surface area contributed by atoms with E-state index in [9.17, 15) is 9.59 Å². The fourth-order valence-electron chi connectivity index (χ4n) is 5.08. The first-order valence-corrected chi connectivity index (χ1v) is 12.6. The van der Waals surface area contributed by atoms with Gasteiger partial charge in [0.2, 0.25) is 5.91 Å². The Labute approximate surface area is 202 Å². The largest absolute Gasteiger partial charge is 0.497 e. The Balaban J connectivity index is 1.19. The zero-order chi connectivity index (χ0) is 24.1. The number of H-pyrrole nitrogens is 1. The molecule has 1 aromatic heterocycles. The van der Waals surface area contributed by atoms with Crippen molar-refractivity contribution >= 4 is 22.7 Å². The van der Waals surface area contributed by atoms with Crippen LogP contribution < -0.4 is 10.1 Å². The second kappa shape index (κ2) is 11.2. The normalized spacial score (nSPS) is 19.3. The summed E-state index contributed by atoms with van der Waals surface area (Å²) < 4.78 is 5.27. The molecule has 1 aromatic carbocycles. The topological polar surface area (TPSA) is 80.9 Å². The highest BCUT2D eigenvalue weighted by molar-refractivity contribution is 5.98. The average Bonchev–Trinajstić information content (AvgIpc) is 3.30. The smallest absolute Gasteiger partial charge is 0.270 e. The molecular weight excluding hydrogens is 430 g/mol. The summed E-state index contributed by atoms with van der Waals surface area (Å²) in [5.41, 5.74) is 1.50. The number of fused-ring (bicyclic) bond motifs is 1. The fraction of sp³-hybridized carbons (Fsp3) is 0.615. The van der Waals surface area contributed by atoms with E-state index in [0.717, 1.165) is 75.2 Å². The van der Waals surface area contributed by atoms with Gasteiger partial charge in [-0.05, 0) is 57.0 Å². The summed E-state index contributed by atoms with van der Waals surface area (Å²) in [5, 5.41) is 4.14. The summed E-state index contributed by atoms with van der Waals surface area (Å²) in [6, 6.07) is 7.67. The molecule has 2 aromatic rings. The van der Waals surface area contributed by atoms with Crippen LogP contribution in [0.4, 0.5) is 0 Å². The van der Waals surface area contributed by atoms with Gasteiger partial charge in [0, 0.05) is 68.7 Å². The maximum Gasteiger partial charge on any atom is 0.270 e. The Morgan fingerprint density at radius 3 is 2.56 bits per heavy atom. The van der Waals surface area contributed by atoms with Gasteiger partial charge in [-0.25, -0.2) is 0 Å². The summed E-state index contributed by atoms with van der Waals surface area (Å²) >= 11 is 0. The number of rotatable bonds is 8. The van der Waals surface area contributed by atoms with E-state index < -0.39 is 0 Å². The molecule has 3 heterocycles. The van der Waals surface area contributed by atoms with Crippen LogP contribution in [0.5, 0.6) is 5.75 Å². The number of hydrogen-bond acceptors (Lipinski definition) is 5. The van der Waals surface area contributed by atoms with Crippen molar-refractivity contribution < 1.29 is 14.3 Å². The number of aromatic amines is 1. The molecule has 2 saturated heterocycles. The molecule has 8 nitrogen and oxygen atoms in total. The van der Waals surface area contributed by atoms with Gasteiger partial charge in [-0.3, -0.25) is 9.59 Å². The average molecular weight is 470 g/mol. The number of piperidine rings is 1. The van der Waals surface area contributed by atoms with E-state index in [1.807, 2.05) is 36.1 Å². The van der Waals surface area contributed by atoms with Gasteiger partial charge in [0.15, 0.2) is 0 Å². The summed E-state index contributed by atoms with van der Waals surface area (Å²) in [6.07, 6.45) is 2.71.